The number of carbonyl (C=O) groups excluding carboxylic acids is 1. The van der Waals surface area contributed by atoms with Crippen molar-refractivity contribution in [1.29, 1.82) is 0 Å². The van der Waals surface area contributed by atoms with Gasteiger partial charge in [0.25, 0.3) is 0 Å². The highest BCUT2D eigenvalue weighted by atomic mass is 79.9. The number of rotatable bonds is 8. The summed E-state index contributed by atoms with van der Waals surface area (Å²) in [7, 11) is 1.59. The second kappa shape index (κ2) is 9.74. The van der Waals surface area contributed by atoms with Gasteiger partial charge in [-0.05, 0) is 60.2 Å². The number of nitrogens with zero attached hydrogens (tertiary/aromatic N) is 3. The smallest absolute Gasteiger partial charge is 0.338 e. The monoisotopic (exact) mass is 496 g/mol. The van der Waals surface area contributed by atoms with Gasteiger partial charge in [0.1, 0.15) is 6.04 Å². The maximum atomic E-state index is 12.9. The largest absolute Gasteiger partial charge is 0.492 e. The van der Waals surface area contributed by atoms with Gasteiger partial charge in [-0.15, -0.1) is 5.10 Å². The second-order valence-corrected chi connectivity index (χ2v) is 8.43. The summed E-state index contributed by atoms with van der Waals surface area (Å²) in [5, 5.41) is 8.48. The highest BCUT2D eigenvalue weighted by Crippen LogP contribution is 2.43. The van der Waals surface area contributed by atoms with E-state index < -0.39 is 12.0 Å². The van der Waals surface area contributed by atoms with Crippen LogP contribution in [0, 0.1) is 0 Å². The van der Waals surface area contributed by atoms with E-state index in [1.807, 2.05) is 32.9 Å². The van der Waals surface area contributed by atoms with Crippen LogP contribution >= 0.6 is 27.7 Å². The Balaban J connectivity index is 2.21. The summed E-state index contributed by atoms with van der Waals surface area (Å²) in [5.41, 5.74) is 1.95. The molecule has 0 aliphatic carbocycles. The maximum absolute atomic E-state index is 12.9. The van der Waals surface area contributed by atoms with E-state index in [-0.39, 0.29) is 6.61 Å². The van der Waals surface area contributed by atoms with Crippen LogP contribution in [0.3, 0.4) is 0 Å². The van der Waals surface area contributed by atoms with Gasteiger partial charge in [-0.2, -0.15) is 4.98 Å². The summed E-state index contributed by atoms with van der Waals surface area (Å²) in [6, 6.07) is 3.25. The highest BCUT2D eigenvalue weighted by molar-refractivity contribution is 9.10. The fraction of sp³-hybridized carbons (Fsp3) is 0.450. The number of methoxy groups -OCH3 is 1. The molecule has 1 unspecified atom stereocenters. The summed E-state index contributed by atoms with van der Waals surface area (Å²) in [5.74, 6) is 2.19. The number of nitrogens with one attached hydrogen (secondary N) is 1. The zero-order chi connectivity index (χ0) is 21.8. The van der Waals surface area contributed by atoms with Crippen LogP contribution in [-0.2, 0) is 9.53 Å². The van der Waals surface area contributed by atoms with Gasteiger partial charge in [-0.25, -0.2) is 9.48 Å². The van der Waals surface area contributed by atoms with Crippen molar-refractivity contribution >= 4 is 39.6 Å². The topological polar surface area (TPSA) is 87.5 Å². The van der Waals surface area contributed by atoms with E-state index in [4.69, 9.17) is 14.2 Å². The number of aromatic nitrogens is 3. The highest BCUT2D eigenvalue weighted by Gasteiger charge is 2.36. The van der Waals surface area contributed by atoms with Crippen LogP contribution in [-0.4, -0.2) is 46.8 Å². The number of thioether (sulfide) groups is 1. The molecule has 30 heavy (non-hydrogen) atoms. The average Bonchev–Trinajstić information content (AvgIpc) is 3.09. The minimum atomic E-state index is -0.527. The number of esters is 1. The summed E-state index contributed by atoms with van der Waals surface area (Å²) in [6.45, 7) is 8.32. The Bertz CT molecular complexity index is 976. The molecule has 1 aromatic heterocycles. The molecule has 1 atom stereocenters. The van der Waals surface area contributed by atoms with E-state index in [0.717, 1.165) is 15.8 Å². The number of hydrogen-bond donors (Lipinski definition) is 1. The first-order valence-corrected chi connectivity index (χ1v) is 11.5. The van der Waals surface area contributed by atoms with Crippen molar-refractivity contribution in [2.24, 2.45) is 0 Å². The fourth-order valence-corrected chi connectivity index (χ4v) is 4.49. The number of hydrogen-bond acceptors (Lipinski definition) is 8. The molecule has 2 aromatic rings. The SMILES string of the molecule is CCOC(=O)C1=C(C)Nc2nc(SCC)nn2C1c1cc(Br)c(OC)c(OCC)c1. The quantitative estimate of drug-likeness (QED) is 0.424. The first kappa shape index (κ1) is 22.5. The van der Waals surface area contributed by atoms with Gasteiger partial charge in [0.2, 0.25) is 11.1 Å². The first-order chi connectivity index (χ1) is 14.4. The molecule has 10 heteroatoms. The van der Waals surface area contributed by atoms with E-state index in [0.29, 0.717) is 40.5 Å². The molecule has 1 aliphatic rings. The van der Waals surface area contributed by atoms with Crippen LogP contribution in [0.1, 0.15) is 39.3 Å². The van der Waals surface area contributed by atoms with Crippen molar-refractivity contribution in [3.63, 3.8) is 0 Å². The lowest BCUT2D eigenvalue weighted by atomic mass is 9.95. The molecule has 1 aliphatic heterocycles. The molecule has 0 saturated carbocycles. The minimum Gasteiger partial charge on any atom is -0.492 e. The van der Waals surface area contributed by atoms with Crippen LogP contribution in [0.25, 0.3) is 0 Å². The summed E-state index contributed by atoms with van der Waals surface area (Å²) in [6.07, 6.45) is 0. The van der Waals surface area contributed by atoms with E-state index in [1.165, 1.54) is 11.8 Å². The van der Waals surface area contributed by atoms with E-state index in [2.05, 4.69) is 31.3 Å². The fourth-order valence-electron chi connectivity index (χ4n) is 3.31. The van der Waals surface area contributed by atoms with E-state index in [1.54, 1.807) is 18.7 Å². The molecule has 8 nitrogen and oxygen atoms in total. The molecule has 0 fully saturated rings. The second-order valence-electron chi connectivity index (χ2n) is 6.35. The summed E-state index contributed by atoms with van der Waals surface area (Å²) >= 11 is 5.10. The third-order valence-corrected chi connectivity index (χ3v) is 5.76. The molecule has 0 bridgehead atoms. The van der Waals surface area contributed by atoms with Gasteiger partial charge in [0.05, 0.1) is 30.4 Å². The lowest BCUT2D eigenvalue weighted by molar-refractivity contribution is -0.139. The summed E-state index contributed by atoms with van der Waals surface area (Å²) in [4.78, 5) is 17.5. The van der Waals surface area contributed by atoms with Crippen LogP contribution < -0.4 is 14.8 Å². The van der Waals surface area contributed by atoms with Crippen molar-refractivity contribution in [2.75, 3.05) is 31.4 Å². The summed E-state index contributed by atoms with van der Waals surface area (Å²) < 4.78 is 19.1. The number of ether oxygens (including phenoxy) is 3. The van der Waals surface area contributed by atoms with Crippen LogP contribution in [0.15, 0.2) is 33.0 Å². The molecule has 1 aromatic carbocycles. The van der Waals surface area contributed by atoms with Crippen LogP contribution in [0.2, 0.25) is 0 Å². The number of fused-ring (bicyclic) bond motifs is 1. The lowest BCUT2D eigenvalue weighted by Crippen LogP contribution is -2.29. The van der Waals surface area contributed by atoms with Crippen molar-refractivity contribution < 1.29 is 19.0 Å². The van der Waals surface area contributed by atoms with E-state index >= 15 is 0 Å². The van der Waals surface area contributed by atoms with Crippen LogP contribution in [0.5, 0.6) is 11.5 Å². The van der Waals surface area contributed by atoms with Gasteiger partial charge in [0, 0.05) is 5.70 Å². The number of benzene rings is 1. The number of halogens is 1. The minimum absolute atomic E-state index is 0.278. The van der Waals surface area contributed by atoms with Crippen molar-refractivity contribution in [3.8, 4) is 11.5 Å². The molecule has 0 amide bonds. The lowest BCUT2D eigenvalue weighted by Gasteiger charge is -2.28. The first-order valence-electron chi connectivity index (χ1n) is 9.69. The number of carbonyl (C=O) groups is 1. The number of allylic oxidation sites excluding steroid dienone is 1. The van der Waals surface area contributed by atoms with E-state index in [9.17, 15) is 4.79 Å². The predicted octanol–water partition coefficient (Wildman–Crippen LogP) is 4.41. The molecule has 0 radical (unpaired) electrons. The molecule has 2 heterocycles. The molecule has 162 valence electrons. The Morgan fingerprint density at radius 2 is 2.07 bits per heavy atom. The van der Waals surface area contributed by atoms with Gasteiger partial charge in [-0.3, -0.25) is 0 Å². The molecule has 1 N–H and O–H groups in total. The van der Waals surface area contributed by atoms with Crippen molar-refractivity contribution in [3.05, 3.63) is 33.4 Å². The van der Waals surface area contributed by atoms with Gasteiger partial charge < -0.3 is 19.5 Å². The Kier molecular flexibility index (Phi) is 7.30. The Morgan fingerprint density at radius 1 is 1.30 bits per heavy atom. The van der Waals surface area contributed by atoms with Crippen molar-refractivity contribution in [2.45, 2.75) is 38.9 Å². The normalized spacial score (nSPS) is 15.5. The predicted molar refractivity (Wildman–Crippen MR) is 119 cm³/mol. The Labute approximate surface area is 188 Å². The molecule has 0 saturated heterocycles. The molecule has 3 rings (SSSR count). The average molecular weight is 497 g/mol. The molecular formula is C20H25BrN4O4S. The zero-order valence-electron chi connectivity index (χ0n) is 17.6. The standard InChI is InChI=1S/C20H25BrN4O4S/c1-6-28-14-10-12(9-13(21)17(14)27-5)16-15(18(26)29-7-2)11(4)22-19-23-20(30-8-3)24-25(16)19/h9-10,16H,6-8H2,1-5H3,(H,22,23,24). The Hall–Kier alpha value is -2.20. The van der Waals surface area contributed by atoms with Gasteiger partial charge in [-0.1, -0.05) is 18.7 Å². The number of anilines is 1. The van der Waals surface area contributed by atoms with Crippen molar-refractivity contribution in [1.82, 2.24) is 14.8 Å². The zero-order valence-corrected chi connectivity index (χ0v) is 20.0. The third-order valence-electron chi connectivity index (χ3n) is 4.45. The van der Waals surface area contributed by atoms with Gasteiger partial charge in [0.15, 0.2) is 11.5 Å². The van der Waals surface area contributed by atoms with Crippen LogP contribution in [0.4, 0.5) is 5.95 Å². The Morgan fingerprint density at radius 3 is 2.70 bits per heavy atom. The third kappa shape index (κ3) is 4.29. The molecular weight excluding hydrogens is 472 g/mol. The van der Waals surface area contributed by atoms with Gasteiger partial charge >= 0.3 is 5.97 Å². The maximum Gasteiger partial charge on any atom is 0.338 e. The molecule has 0 spiro atoms.